The Hall–Kier alpha value is -1.41. The summed E-state index contributed by atoms with van der Waals surface area (Å²) in [7, 11) is 0. The van der Waals surface area contributed by atoms with Crippen LogP contribution in [-0.2, 0) is 4.74 Å². The van der Waals surface area contributed by atoms with Crippen molar-refractivity contribution in [1.82, 2.24) is 4.98 Å². The molecule has 1 fully saturated rings. The van der Waals surface area contributed by atoms with E-state index >= 15 is 0 Å². The number of benzene rings is 1. The molecule has 0 radical (unpaired) electrons. The highest BCUT2D eigenvalue weighted by Gasteiger charge is 2.18. The molecule has 1 atom stereocenters. The van der Waals surface area contributed by atoms with Gasteiger partial charge in [0, 0.05) is 12.0 Å². The van der Waals surface area contributed by atoms with Gasteiger partial charge in [-0.15, -0.1) is 0 Å². The third-order valence-electron chi connectivity index (χ3n) is 2.88. The summed E-state index contributed by atoms with van der Waals surface area (Å²) in [6.07, 6.45) is 2.47. The van der Waals surface area contributed by atoms with E-state index in [1.807, 2.05) is 18.2 Å². The number of nitrogens with zero attached hydrogens (tertiary/aromatic N) is 1. The van der Waals surface area contributed by atoms with Gasteiger partial charge in [-0.2, -0.15) is 0 Å². The first-order valence-corrected chi connectivity index (χ1v) is 5.41. The maximum Gasteiger partial charge on any atom is 0.0995 e. The van der Waals surface area contributed by atoms with E-state index in [4.69, 9.17) is 4.74 Å². The van der Waals surface area contributed by atoms with Crippen molar-refractivity contribution < 1.29 is 4.74 Å². The molecule has 1 aliphatic rings. The molecule has 0 amide bonds. The highest BCUT2D eigenvalue weighted by atomic mass is 16.5. The molecule has 1 unspecified atom stereocenters. The van der Waals surface area contributed by atoms with Crippen LogP contribution < -0.4 is 0 Å². The van der Waals surface area contributed by atoms with Crippen LogP contribution in [0.3, 0.4) is 0 Å². The van der Waals surface area contributed by atoms with Crippen LogP contribution in [0.2, 0.25) is 0 Å². The Bertz CT molecular complexity index is 475. The quantitative estimate of drug-likeness (QED) is 0.704. The number of pyridine rings is 1. The maximum atomic E-state index is 5.63. The van der Waals surface area contributed by atoms with Crippen LogP contribution >= 0.6 is 0 Å². The van der Waals surface area contributed by atoms with E-state index in [1.54, 1.807) is 0 Å². The molecule has 0 bridgehead atoms. The molecule has 2 aromatic rings. The third-order valence-corrected chi connectivity index (χ3v) is 2.88. The molecule has 2 nitrogen and oxygen atoms in total. The molecule has 1 aliphatic heterocycles. The third kappa shape index (κ3) is 1.61. The van der Waals surface area contributed by atoms with E-state index in [0.29, 0.717) is 0 Å². The van der Waals surface area contributed by atoms with Crippen molar-refractivity contribution in [3.63, 3.8) is 0 Å². The Kier molecular flexibility index (Phi) is 2.14. The fourth-order valence-electron chi connectivity index (χ4n) is 2.07. The predicted octanol–water partition coefficient (Wildman–Crippen LogP) is 3.09. The first kappa shape index (κ1) is 8.86. The van der Waals surface area contributed by atoms with Gasteiger partial charge in [-0.25, -0.2) is 0 Å². The zero-order valence-electron chi connectivity index (χ0n) is 8.52. The van der Waals surface area contributed by atoms with Crippen LogP contribution in [0.1, 0.15) is 24.6 Å². The fourth-order valence-corrected chi connectivity index (χ4v) is 2.07. The second-order valence-corrected chi connectivity index (χ2v) is 3.93. The first-order valence-electron chi connectivity index (χ1n) is 5.41. The molecule has 0 spiro atoms. The smallest absolute Gasteiger partial charge is 0.0995 e. The van der Waals surface area contributed by atoms with E-state index in [-0.39, 0.29) is 6.10 Å². The molecule has 2 heteroatoms. The summed E-state index contributed by atoms with van der Waals surface area (Å²) in [5.74, 6) is 0. The largest absolute Gasteiger partial charge is 0.372 e. The molecule has 3 rings (SSSR count). The molecular formula is C13H13NO. The molecule has 1 aromatic carbocycles. The highest BCUT2D eigenvalue weighted by molar-refractivity contribution is 5.78. The molecule has 76 valence electrons. The van der Waals surface area contributed by atoms with Gasteiger partial charge >= 0.3 is 0 Å². The van der Waals surface area contributed by atoms with Crippen LogP contribution in [0.25, 0.3) is 10.9 Å². The Balaban J connectivity index is 2.05. The lowest BCUT2D eigenvalue weighted by Gasteiger charge is -2.09. The van der Waals surface area contributed by atoms with Gasteiger partial charge in [0.15, 0.2) is 0 Å². The van der Waals surface area contributed by atoms with Crippen LogP contribution in [0.5, 0.6) is 0 Å². The van der Waals surface area contributed by atoms with Crippen molar-refractivity contribution in [2.75, 3.05) is 6.61 Å². The van der Waals surface area contributed by atoms with E-state index in [1.165, 1.54) is 5.39 Å². The van der Waals surface area contributed by atoms with Gasteiger partial charge in [0.05, 0.1) is 17.3 Å². The molecule has 0 N–H and O–H groups in total. The van der Waals surface area contributed by atoms with Gasteiger partial charge in [-0.3, -0.25) is 4.98 Å². The van der Waals surface area contributed by atoms with Crippen molar-refractivity contribution in [3.05, 3.63) is 42.1 Å². The summed E-state index contributed by atoms with van der Waals surface area (Å²) >= 11 is 0. The normalized spacial score (nSPS) is 20.9. The number of hydrogen-bond donors (Lipinski definition) is 0. The minimum absolute atomic E-state index is 0.217. The average molecular weight is 199 g/mol. The summed E-state index contributed by atoms with van der Waals surface area (Å²) in [4.78, 5) is 4.63. The van der Waals surface area contributed by atoms with E-state index < -0.39 is 0 Å². The topological polar surface area (TPSA) is 22.1 Å². The SMILES string of the molecule is c1ccc2nc(C3CCCO3)ccc2c1. The van der Waals surface area contributed by atoms with Gasteiger partial charge in [-0.05, 0) is 25.0 Å². The first-order chi connectivity index (χ1) is 7.43. The summed E-state index contributed by atoms with van der Waals surface area (Å²) in [6.45, 7) is 0.874. The number of rotatable bonds is 1. The van der Waals surface area contributed by atoms with E-state index in [9.17, 15) is 0 Å². The van der Waals surface area contributed by atoms with Crippen molar-refractivity contribution in [1.29, 1.82) is 0 Å². The lowest BCUT2D eigenvalue weighted by atomic mass is 10.1. The van der Waals surface area contributed by atoms with Crippen molar-refractivity contribution in [2.45, 2.75) is 18.9 Å². The predicted molar refractivity (Wildman–Crippen MR) is 59.7 cm³/mol. The Morgan fingerprint density at radius 2 is 2.07 bits per heavy atom. The molecular weight excluding hydrogens is 186 g/mol. The number of aromatic nitrogens is 1. The Morgan fingerprint density at radius 3 is 2.93 bits per heavy atom. The van der Waals surface area contributed by atoms with Crippen LogP contribution in [0, 0.1) is 0 Å². The lowest BCUT2D eigenvalue weighted by molar-refractivity contribution is 0.109. The monoisotopic (exact) mass is 199 g/mol. The Labute approximate surface area is 88.9 Å². The minimum Gasteiger partial charge on any atom is -0.372 e. The maximum absolute atomic E-state index is 5.63. The van der Waals surface area contributed by atoms with Crippen LogP contribution in [0.15, 0.2) is 36.4 Å². The Morgan fingerprint density at radius 1 is 1.13 bits per heavy atom. The number of para-hydroxylation sites is 1. The van der Waals surface area contributed by atoms with E-state index in [2.05, 4.69) is 23.2 Å². The second kappa shape index (κ2) is 3.63. The van der Waals surface area contributed by atoms with Gasteiger partial charge in [0.1, 0.15) is 0 Å². The summed E-state index contributed by atoms with van der Waals surface area (Å²) in [5.41, 5.74) is 2.14. The van der Waals surface area contributed by atoms with Crippen LogP contribution in [0.4, 0.5) is 0 Å². The van der Waals surface area contributed by atoms with E-state index in [0.717, 1.165) is 30.7 Å². The average Bonchev–Trinajstić information content (AvgIpc) is 2.82. The molecule has 1 saturated heterocycles. The molecule has 1 aromatic heterocycles. The fraction of sp³-hybridized carbons (Fsp3) is 0.308. The minimum atomic E-state index is 0.217. The summed E-state index contributed by atoms with van der Waals surface area (Å²) in [5, 5.41) is 1.19. The van der Waals surface area contributed by atoms with Crippen molar-refractivity contribution in [3.8, 4) is 0 Å². The van der Waals surface area contributed by atoms with Gasteiger partial charge in [0.2, 0.25) is 0 Å². The van der Waals surface area contributed by atoms with Gasteiger partial charge in [0.25, 0.3) is 0 Å². The zero-order chi connectivity index (χ0) is 10.1. The lowest BCUT2D eigenvalue weighted by Crippen LogP contribution is -1.98. The van der Waals surface area contributed by atoms with Crippen LogP contribution in [-0.4, -0.2) is 11.6 Å². The van der Waals surface area contributed by atoms with Crippen molar-refractivity contribution in [2.24, 2.45) is 0 Å². The second-order valence-electron chi connectivity index (χ2n) is 3.93. The number of fused-ring (bicyclic) bond motifs is 1. The zero-order valence-corrected chi connectivity index (χ0v) is 8.52. The number of hydrogen-bond acceptors (Lipinski definition) is 2. The van der Waals surface area contributed by atoms with Gasteiger partial charge < -0.3 is 4.74 Å². The molecule has 0 aliphatic carbocycles. The van der Waals surface area contributed by atoms with Gasteiger partial charge in [-0.1, -0.05) is 24.3 Å². The highest BCUT2D eigenvalue weighted by Crippen LogP contribution is 2.28. The summed E-state index contributed by atoms with van der Waals surface area (Å²) < 4.78 is 5.63. The summed E-state index contributed by atoms with van der Waals surface area (Å²) in [6, 6.07) is 12.4. The standard InChI is InChI=1S/C13H13NO/c1-2-5-11-10(4-1)7-8-12(14-11)13-6-3-9-15-13/h1-2,4-5,7-8,13H,3,6,9H2. The number of ether oxygens (including phenoxy) is 1. The van der Waals surface area contributed by atoms with Crippen molar-refractivity contribution >= 4 is 10.9 Å². The molecule has 0 saturated carbocycles. The molecule has 15 heavy (non-hydrogen) atoms. The molecule has 2 heterocycles.